The number of rotatable bonds is 11. The number of carbonyl (C=O) groups is 2. The predicted molar refractivity (Wildman–Crippen MR) is 134 cm³/mol. The van der Waals surface area contributed by atoms with Crippen molar-refractivity contribution < 1.29 is 23.8 Å². The number of hydrogen-bond donors (Lipinski definition) is 1. The Morgan fingerprint density at radius 2 is 1.66 bits per heavy atom. The molecule has 1 aliphatic heterocycles. The SMILES string of the molecule is CCCNC(=O)N(CCOC)CC(=O)N1N=C(c2ccc(OC)cc2)C[C@@H]1c1ccc(OC)cc1. The van der Waals surface area contributed by atoms with Crippen LogP contribution in [0.1, 0.15) is 36.9 Å². The van der Waals surface area contributed by atoms with Crippen molar-refractivity contribution in [3.05, 3.63) is 59.7 Å². The van der Waals surface area contributed by atoms with Crippen molar-refractivity contribution in [2.24, 2.45) is 5.10 Å². The zero-order valence-electron chi connectivity index (χ0n) is 20.8. The van der Waals surface area contributed by atoms with Crippen LogP contribution >= 0.6 is 0 Å². The summed E-state index contributed by atoms with van der Waals surface area (Å²) in [6, 6.07) is 14.6. The van der Waals surface area contributed by atoms with Crippen LogP contribution in [-0.2, 0) is 9.53 Å². The normalized spacial score (nSPS) is 14.9. The van der Waals surface area contributed by atoms with Crippen molar-refractivity contribution in [1.82, 2.24) is 15.2 Å². The highest BCUT2D eigenvalue weighted by Gasteiger charge is 2.34. The summed E-state index contributed by atoms with van der Waals surface area (Å²) in [5.41, 5.74) is 2.64. The molecule has 0 aromatic heterocycles. The maximum atomic E-state index is 13.5. The second kappa shape index (κ2) is 12.8. The van der Waals surface area contributed by atoms with Crippen LogP contribution in [0.2, 0.25) is 0 Å². The van der Waals surface area contributed by atoms with Crippen molar-refractivity contribution in [2.75, 3.05) is 47.6 Å². The van der Waals surface area contributed by atoms with Crippen molar-refractivity contribution in [1.29, 1.82) is 0 Å². The zero-order valence-corrected chi connectivity index (χ0v) is 20.8. The topological polar surface area (TPSA) is 92.7 Å². The summed E-state index contributed by atoms with van der Waals surface area (Å²) in [7, 11) is 4.80. The molecule has 0 saturated carbocycles. The fourth-order valence-corrected chi connectivity index (χ4v) is 3.82. The number of nitrogens with zero attached hydrogens (tertiary/aromatic N) is 3. The highest BCUT2D eigenvalue weighted by atomic mass is 16.5. The number of hydrazone groups is 1. The van der Waals surface area contributed by atoms with Gasteiger partial charge in [0.15, 0.2) is 0 Å². The first kappa shape index (κ1) is 26.0. The molecular weight excluding hydrogens is 448 g/mol. The fraction of sp³-hybridized carbons (Fsp3) is 0.423. The summed E-state index contributed by atoms with van der Waals surface area (Å²) in [5, 5.41) is 9.04. The lowest BCUT2D eigenvalue weighted by Crippen LogP contribution is -2.47. The molecule has 0 radical (unpaired) electrons. The Bertz CT molecular complexity index is 1010. The molecule has 0 aliphatic carbocycles. The average molecular weight is 483 g/mol. The Morgan fingerprint density at radius 3 is 2.23 bits per heavy atom. The van der Waals surface area contributed by atoms with E-state index in [4.69, 9.17) is 19.3 Å². The molecule has 188 valence electrons. The molecule has 0 saturated heterocycles. The fourth-order valence-electron chi connectivity index (χ4n) is 3.82. The van der Waals surface area contributed by atoms with E-state index in [-0.39, 0.29) is 24.5 Å². The third-order valence-electron chi connectivity index (χ3n) is 5.79. The summed E-state index contributed by atoms with van der Waals surface area (Å²) in [4.78, 5) is 27.6. The van der Waals surface area contributed by atoms with Gasteiger partial charge in [0.25, 0.3) is 5.91 Å². The van der Waals surface area contributed by atoms with Crippen LogP contribution in [0, 0.1) is 0 Å². The lowest BCUT2D eigenvalue weighted by atomic mass is 9.98. The van der Waals surface area contributed by atoms with E-state index in [0.29, 0.717) is 26.1 Å². The molecule has 0 fully saturated rings. The number of benzene rings is 2. The maximum Gasteiger partial charge on any atom is 0.317 e. The number of carbonyl (C=O) groups excluding carboxylic acids is 2. The van der Waals surface area contributed by atoms with Crippen LogP contribution in [0.15, 0.2) is 53.6 Å². The standard InChI is InChI=1S/C26H34N4O5/c1-5-14-27-26(32)29(15-16-33-2)18-25(31)30-24(20-8-12-22(35-4)13-9-20)17-23(28-30)19-6-10-21(34-3)11-7-19/h6-13,24H,5,14-18H2,1-4H3,(H,27,32)/t24-/m1/s1. The highest BCUT2D eigenvalue weighted by molar-refractivity contribution is 6.03. The number of urea groups is 1. The third kappa shape index (κ3) is 6.73. The molecule has 3 rings (SSSR count). The van der Waals surface area contributed by atoms with E-state index in [9.17, 15) is 9.59 Å². The molecule has 1 atom stereocenters. The summed E-state index contributed by atoms with van der Waals surface area (Å²) >= 11 is 0. The van der Waals surface area contributed by atoms with Gasteiger partial charge in [0.2, 0.25) is 0 Å². The van der Waals surface area contributed by atoms with Gasteiger partial charge in [-0.25, -0.2) is 9.80 Å². The van der Waals surface area contributed by atoms with E-state index in [1.807, 2.05) is 55.5 Å². The number of amides is 3. The molecule has 0 unspecified atom stereocenters. The second-order valence-corrected chi connectivity index (χ2v) is 8.15. The van der Waals surface area contributed by atoms with Crippen LogP contribution in [0.4, 0.5) is 4.79 Å². The molecule has 1 aliphatic rings. The van der Waals surface area contributed by atoms with Crippen molar-refractivity contribution in [3.8, 4) is 11.5 Å². The molecule has 2 aromatic rings. The largest absolute Gasteiger partial charge is 0.497 e. The van der Waals surface area contributed by atoms with Crippen LogP contribution in [0.5, 0.6) is 11.5 Å². The first-order valence-corrected chi connectivity index (χ1v) is 11.7. The molecule has 2 aromatic carbocycles. The summed E-state index contributed by atoms with van der Waals surface area (Å²) < 4.78 is 15.7. The summed E-state index contributed by atoms with van der Waals surface area (Å²) in [6.07, 6.45) is 1.35. The lowest BCUT2D eigenvalue weighted by Gasteiger charge is -2.27. The molecule has 0 bridgehead atoms. The predicted octanol–water partition coefficient (Wildman–Crippen LogP) is 3.45. The summed E-state index contributed by atoms with van der Waals surface area (Å²) in [6.45, 7) is 3.03. The number of hydrogen-bond acceptors (Lipinski definition) is 6. The second-order valence-electron chi connectivity index (χ2n) is 8.15. The van der Waals surface area contributed by atoms with E-state index in [1.54, 1.807) is 21.3 Å². The van der Waals surface area contributed by atoms with Gasteiger partial charge in [0, 0.05) is 26.6 Å². The minimum absolute atomic E-state index is 0.106. The Hall–Kier alpha value is -3.59. The number of nitrogens with one attached hydrogen (secondary N) is 1. The minimum atomic E-state index is -0.298. The monoisotopic (exact) mass is 482 g/mol. The van der Waals surface area contributed by atoms with Gasteiger partial charge in [0.1, 0.15) is 18.0 Å². The van der Waals surface area contributed by atoms with Crippen LogP contribution < -0.4 is 14.8 Å². The Balaban J connectivity index is 1.87. The third-order valence-corrected chi connectivity index (χ3v) is 5.79. The van der Waals surface area contributed by atoms with E-state index in [1.165, 1.54) is 9.91 Å². The van der Waals surface area contributed by atoms with Gasteiger partial charge in [0.05, 0.1) is 32.6 Å². The molecule has 0 spiro atoms. The first-order valence-electron chi connectivity index (χ1n) is 11.7. The average Bonchev–Trinajstić information content (AvgIpc) is 3.35. The molecule has 9 heteroatoms. The highest BCUT2D eigenvalue weighted by Crippen LogP contribution is 2.34. The number of ether oxygens (including phenoxy) is 3. The van der Waals surface area contributed by atoms with Gasteiger partial charge in [-0.3, -0.25) is 4.79 Å². The molecular formula is C26H34N4O5. The van der Waals surface area contributed by atoms with Crippen LogP contribution in [0.3, 0.4) is 0 Å². The first-order chi connectivity index (χ1) is 17.0. The van der Waals surface area contributed by atoms with Gasteiger partial charge < -0.3 is 24.4 Å². The Morgan fingerprint density at radius 1 is 1.03 bits per heavy atom. The van der Waals surface area contributed by atoms with E-state index < -0.39 is 0 Å². The molecule has 1 N–H and O–H groups in total. The van der Waals surface area contributed by atoms with Gasteiger partial charge in [-0.2, -0.15) is 5.10 Å². The zero-order chi connectivity index (χ0) is 25.2. The van der Waals surface area contributed by atoms with Crippen molar-refractivity contribution in [2.45, 2.75) is 25.8 Å². The molecule has 35 heavy (non-hydrogen) atoms. The van der Waals surface area contributed by atoms with Gasteiger partial charge in [-0.05, 0) is 53.9 Å². The van der Waals surface area contributed by atoms with Gasteiger partial charge in [-0.15, -0.1) is 0 Å². The molecule has 1 heterocycles. The Kier molecular flexibility index (Phi) is 9.48. The molecule has 3 amide bonds. The quantitative estimate of drug-likeness (QED) is 0.530. The van der Waals surface area contributed by atoms with Gasteiger partial charge in [-0.1, -0.05) is 19.1 Å². The Labute approximate surface area is 206 Å². The van der Waals surface area contributed by atoms with E-state index >= 15 is 0 Å². The van der Waals surface area contributed by atoms with Crippen LogP contribution in [-0.4, -0.2) is 75.1 Å². The smallest absolute Gasteiger partial charge is 0.317 e. The van der Waals surface area contributed by atoms with Crippen molar-refractivity contribution in [3.63, 3.8) is 0 Å². The maximum absolute atomic E-state index is 13.5. The van der Waals surface area contributed by atoms with Crippen molar-refractivity contribution >= 4 is 17.6 Å². The van der Waals surface area contributed by atoms with E-state index in [0.717, 1.165) is 34.8 Å². The van der Waals surface area contributed by atoms with E-state index in [2.05, 4.69) is 5.32 Å². The lowest BCUT2D eigenvalue weighted by molar-refractivity contribution is -0.133. The summed E-state index contributed by atoms with van der Waals surface area (Å²) in [5.74, 6) is 1.22. The minimum Gasteiger partial charge on any atom is -0.497 e. The number of methoxy groups -OCH3 is 3. The van der Waals surface area contributed by atoms with Crippen LogP contribution in [0.25, 0.3) is 0 Å². The molecule has 9 nitrogen and oxygen atoms in total. The van der Waals surface area contributed by atoms with Gasteiger partial charge >= 0.3 is 6.03 Å².